The Morgan fingerprint density at radius 3 is 2.75 bits per heavy atom. The lowest BCUT2D eigenvalue weighted by atomic mass is 10.1. The van der Waals surface area contributed by atoms with Gasteiger partial charge in [-0.2, -0.15) is 0 Å². The summed E-state index contributed by atoms with van der Waals surface area (Å²) < 4.78 is 0. The van der Waals surface area contributed by atoms with Gasteiger partial charge in [0.05, 0.1) is 5.01 Å². The minimum absolute atomic E-state index is 0.530. The van der Waals surface area contributed by atoms with Crippen LogP contribution in [0, 0.1) is 6.92 Å². The molecule has 0 saturated carbocycles. The molecule has 2 atom stereocenters. The topological polar surface area (TPSA) is 24.9 Å². The van der Waals surface area contributed by atoms with Crippen LogP contribution in [0.1, 0.15) is 56.7 Å². The molecule has 92 valence electrons. The summed E-state index contributed by atoms with van der Waals surface area (Å²) in [5.74, 6) is 0.530. The molecule has 0 radical (unpaired) electrons. The van der Waals surface area contributed by atoms with E-state index in [4.69, 9.17) is 0 Å². The van der Waals surface area contributed by atoms with Crippen molar-refractivity contribution >= 4 is 11.3 Å². The summed E-state index contributed by atoms with van der Waals surface area (Å²) in [7, 11) is 0. The van der Waals surface area contributed by atoms with E-state index >= 15 is 0 Å². The van der Waals surface area contributed by atoms with Crippen molar-refractivity contribution in [3.05, 3.63) is 16.1 Å². The van der Waals surface area contributed by atoms with Crippen LogP contribution in [-0.2, 0) is 0 Å². The van der Waals surface area contributed by atoms with Crippen LogP contribution in [0.15, 0.2) is 5.38 Å². The third-order valence-corrected chi connectivity index (χ3v) is 4.02. The molecular weight excluding hydrogens is 216 g/mol. The molecule has 0 bridgehead atoms. The number of unbranched alkanes of at least 4 members (excludes halogenated alkanes) is 1. The third kappa shape index (κ3) is 4.62. The molecule has 0 spiro atoms. The van der Waals surface area contributed by atoms with Crippen molar-refractivity contribution in [2.24, 2.45) is 0 Å². The van der Waals surface area contributed by atoms with Crippen molar-refractivity contribution in [1.82, 2.24) is 10.3 Å². The lowest BCUT2D eigenvalue weighted by Crippen LogP contribution is -2.29. The number of thiazole rings is 1. The molecule has 0 fully saturated rings. The van der Waals surface area contributed by atoms with Gasteiger partial charge >= 0.3 is 0 Å². The van der Waals surface area contributed by atoms with Crippen molar-refractivity contribution in [3.8, 4) is 0 Å². The molecule has 2 nitrogen and oxygen atoms in total. The number of aryl methyl sites for hydroxylation is 1. The number of rotatable bonds is 7. The van der Waals surface area contributed by atoms with Gasteiger partial charge in [0.25, 0.3) is 0 Å². The molecule has 0 aliphatic rings. The molecule has 3 heteroatoms. The van der Waals surface area contributed by atoms with Crippen LogP contribution in [0.4, 0.5) is 0 Å². The van der Waals surface area contributed by atoms with E-state index in [1.165, 1.54) is 24.3 Å². The van der Waals surface area contributed by atoms with Crippen molar-refractivity contribution in [2.75, 3.05) is 6.54 Å². The lowest BCUT2D eigenvalue weighted by molar-refractivity contribution is 0.477. The van der Waals surface area contributed by atoms with Gasteiger partial charge in [-0.15, -0.1) is 11.3 Å². The van der Waals surface area contributed by atoms with Crippen molar-refractivity contribution in [1.29, 1.82) is 0 Å². The molecule has 1 heterocycles. The highest BCUT2D eigenvalue weighted by Crippen LogP contribution is 2.19. The number of nitrogens with one attached hydrogen (secondary N) is 1. The number of hydrogen-bond acceptors (Lipinski definition) is 3. The van der Waals surface area contributed by atoms with Gasteiger partial charge in [-0.05, 0) is 20.3 Å². The fourth-order valence-corrected chi connectivity index (χ4v) is 2.53. The number of nitrogens with zero attached hydrogens (tertiary/aromatic N) is 1. The maximum Gasteiger partial charge on any atom is 0.0969 e. The first-order valence-corrected chi connectivity index (χ1v) is 7.16. The van der Waals surface area contributed by atoms with Gasteiger partial charge in [-0.1, -0.05) is 26.7 Å². The van der Waals surface area contributed by atoms with Crippen LogP contribution >= 0.6 is 11.3 Å². The Morgan fingerprint density at radius 2 is 2.19 bits per heavy atom. The number of aromatic nitrogens is 1. The molecule has 1 N–H and O–H groups in total. The third-order valence-electron chi connectivity index (χ3n) is 2.82. The summed E-state index contributed by atoms with van der Waals surface area (Å²) in [5, 5.41) is 6.98. The van der Waals surface area contributed by atoms with E-state index in [1.54, 1.807) is 11.3 Å². The van der Waals surface area contributed by atoms with E-state index in [9.17, 15) is 0 Å². The predicted octanol–water partition coefficient (Wildman–Crippen LogP) is 3.72. The van der Waals surface area contributed by atoms with Crippen LogP contribution in [0.5, 0.6) is 0 Å². The van der Waals surface area contributed by atoms with Gasteiger partial charge in [0.1, 0.15) is 0 Å². The van der Waals surface area contributed by atoms with Crippen LogP contribution in [0.3, 0.4) is 0 Å². The Hall–Kier alpha value is -0.410. The Morgan fingerprint density at radius 1 is 1.44 bits per heavy atom. The molecular formula is C13H24N2S. The zero-order valence-corrected chi connectivity index (χ0v) is 11.7. The molecule has 1 rings (SSSR count). The summed E-state index contributed by atoms with van der Waals surface area (Å²) in [6.45, 7) is 9.86. The number of hydrogen-bond donors (Lipinski definition) is 1. The smallest absolute Gasteiger partial charge is 0.0969 e. The average Bonchev–Trinajstić information content (AvgIpc) is 2.69. The van der Waals surface area contributed by atoms with Crippen molar-refractivity contribution in [3.63, 3.8) is 0 Å². The molecule has 16 heavy (non-hydrogen) atoms. The summed E-state index contributed by atoms with van der Waals surface area (Å²) in [6, 6.07) is 0.628. The molecule has 0 amide bonds. The van der Waals surface area contributed by atoms with Crippen LogP contribution in [-0.4, -0.2) is 17.6 Å². The summed E-state index contributed by atoms with van der Waals surface area (Å²) in [4.78, 5) is 4.53. The predicted molar refractivity (Wildman–Crippen MR) is 72.3 cm³/mol. The van der Waals surface area contributed by atoms with Crippen molar-refractivity contribution in [2.45, 2.75) is 58.9 Å². The molecule has 1 aromatic heterocycles. The average molecular weight is 240 g/mol. The van der Waals surface area contributed by atoms with E-state index in [-0.39, 0.29) is 0 Å². The molecule has 0 aromatic carbocycles. The second kappa shape index (κ2) is 7.02. The molecule has 0 saturated heterocycles. The molecule has 0 aliphatic heterocycles. The van der Waals surface area contributed by atoms with Gasteiger partial charge in [-0.3, -0.25) is 0 Å². The monoisotopic (exact) mass is 240 g/mol. The molecule has 0 aliphatic carbocycles. The highest BCUT2D eigenvalue weighted by Gasteiger charge is 2.10. The Labute approximate surface area is 103 Å². The summed E-state index contributed by atoms with van der Waals surface area (Å²) in [5.41, 5.74) is 1.14. The van der Waals surface area contributed by atoms with Gasteiger partial charge < -0.3 is 5.32 Å². The first kappa shape index (κ1) is 13.7. The maximum atomic E-state index is 4.53. The minimum Gasteiger partial charge on any atom is -0.314 e. The van der Waals surface area contributed by atoms with Crippen LogP contribution < -0.4 is 5.32 Å². The van der Waals surface area contributed by atoms with E-state index < -0.39 is 0 Å². The lowest BCUT2D eigenvalue weighted by Gasteiger charge is -2.16. The quantitative estimate of drug-likeness (QED) is 0.785. The standard InChI is InChI=1S/C13H24N2S/c1-5-6-7-11(3)14-8-10(2)13-15-12(4)9-16-13/h9-11,14H,5-8H2,1-4H3. The Balaban J connectivity index is 2.27. The highest BCUT2D eigenvalue weighted by molar-refractivity contribution is 7.09. The van der Waals surface area contributed by atoms with E-state index in [0.29, 0.717) is 12.0 Å². The minimum atomic E-state index is 0.530. The Kier molecular flexibility index (Phi) is 5.99. The molecule has 1 aromatic rings. The van der Waals surface area contributed by atoms with Crippen molar-refractivity contribution < 1.29 is 0 Å². The highest BCUT2D eigenvalue weighted by atomic mass is 32.1. The van der Waals surface area contributed by atoms with E-state index in [0.717, 1.165) is 12.2 Å². The fraction of sp³-hybridized carbons (Fsp3) is 0.769. The molecule has 2 unspecified atom stereocenters. The first-order valence-electron chi connectivity index (χ1n) is 6.28. The van der Waals surface area contributed by atoms with Crippen LogP contribution in [0.25, 0.3) is 0 Å². The summed E-state index contributed by atoms with van der Waals surface area (Å²) in [6.07, 6.45) is 3.88. The second-order valence-corrected chi connectivity index (χ2v) is 5.57. The second-order valence-electron chi connectivity index (χ2n) is 4.68. The summed E-state index contributed by atoms with van der Waals surface area (Å²) >= 11 is 1.78. The fourth-order valence-electron chi connectivity index (χ4n) is 1.68. The van der Waals surface area contributed by atoms with Gasteiger partial charge in [-0.25, -0.2) is 4.98 Å². The van der Waals surface area contributed by atoms with Crippen LogP contribution in [0.2, 0.25) is 0 Å². The Bertz CT molecular complexity index is 296. The SMILES string of the molecule is CCCCC(C)NCC(C)c1nc(C)cs1. The zero-order valence-electron chi connectivity index (χ0n) is 10.9. The van der Waals surface area contributed by atoms with E-state index in [1.807, 2.05) is 0 Å². The largest absolute Gasteiger partial charge is 0.314 e. The van der Waals surface area contributed by atoms with E-state index in [2.05, 4.69) is 43.4 Å². The van der Waals surface area contributed by atoms with Gasteiger partial charge in [0, 0.05) is 29.6 Å². The maximum absolute atomic E-state index is 4.53. The normalized spacial score (nSPS) is 15.0. The first-order chi connectivity index (χ1) is 7.63. The zero-order chi connectivity index (χ0) is 12.0. The van der Waals surface area contributed by atoms with Gasteiger partial charge in [0.15, 0.2) is 0 Å². The van der Waals surface area contributed by atoms with Gasteiger partial charge in [0.2, 0.25) is 0 Å².